The van der Waals surface area contributed by atoms with Crippen molar-refractivity contribution >= 4 is 11.3 Å². The van der Waals surface area contributed by atoms with E-state index in [4.69, 9.17) is 0 Å². The van der Waals surface area contributed by atoms with Crippen LogP contribution in [0.4, 0.5) is 0 Å². The molecule has 0 unspecified atom stereocenters. The summed E-state index contributed by atoms with van der Waals surface area (Å²) in [6, 6.07) is 2.19. The van der Waals surface area contributed by atoms with Crippen molar-refractivity contribution in [2.24, 2.45) is 5.92 Å². The summed E-state index contributed by atoms with van der Waals surface area (Å²) in [5.74, 6) is 0.689. The fourth-order valence-corrected chi connectivity index (χ4v) is 2.75. The van der Waals surface area contributed by atoms with E-state index in [0.717, 1.165) is 26.1 Å². The summed E-state index contributed by atoms with van der Waals surface area (Å²) < 4.78 is 2.12. The van der Waals surface area contributed by atoms with Crippen LogP contribution in [0.2, 0.25) is 0 Å². The minimum absolute atomic E-state index is 0.689. The molecule has 0 fully saturated rings. The Balaban J connectivity index is 1.86. The zero-order valence-electron chi connectivity index (χ0n) is 12.0. The zero-order valence-corrected chi connectivity index (χ0v) is 12.8. The first-order valence-corrected chi connectivity index (χ1v) is 7.84. The number of hydrogen-bond donors (Lipinski definition) is 1. The molecule has 0 amide bonds. The Bertz CT molecular complexity index is 485. The first kappa shape index (κ1) is 14.3. The van der Waals surface area contributed by atoms with E-state index < -0.39 is 0 Å². The highest BCUT2D eigenvalue weighted by Crippen LogP contribution is 2.11. The van der Waals surface area contributed by atoms with Crippen LogP contribution in [0.3, 0.4) is 0 Å². The quantitative estimate of drug-likeness (QED) is 0.842. The number of nitrogens with one attached hydrogen (secondary N) is 1. The van der Waals surface area contributed by atoms with E-state index in [2.05, 4.69) is 52.7 Å². The Kier molecular flexibility index (Phi) is 5.16. The average molecular weight is 277 g/mol. The molecule has 1 N–H and O–H groups in total. The predicted octanol–water partition coefficient (Wildman–Crippen LogP) is 3.24. The van der Waals surface area contributed by atoms with Crippen LogP contribution < -0.4 is 5.32 Å². The van der Waals surface area contributed by atoms with Gasteiger partial charge in [0, 0.05) is 24.3 Å². The number of thiophene rings is 1. The van der Waals surface area contributed by atoms with Crippen LogP contribution in [0.25, 0.3) is 0 Å². The molecule has 0 aromatic carbocycles. The topological polar surface area (TPSA) is 29.9 Å². The summed E-state index contributed by atoms with van der Waals surface area (Å²) in [6.45, 7) is 9.55. The highest BCUT2D eigenvalue weighted by molar-refractivity contribution is 7.07. The molecule has 0 saturated carbocycles. The average Bonchev–Trinajstić information content (AvgIpc) is 2.98. The van der Waals surface area contributed by atoms with Crippen LogP contribution in [0, 0.1) is 12.8 Å². The van der Waals surface area contributed by atoms with Gasteiger partial charge < -0.3 is 5.32 Å². The summed E-state index contributed by atoms with van der Waals surface area (Å²) in [4.78, 5) is 0. The minimum atomic E-state index is 0.689. The zero-order chi connectivity index (χ0) is 13.7. The molecule has 104 valence electrons. The van der Waals surface area contributed by atoms with E-state index in [1.807, 2.05) is 6.20 Å². The lowest BCUT2D eigenvalue weighted by Gasteiger charge is -2.08. The van der Waals surface area contributed by atoms with E-state index in [1.54, 1.807) is 11.3 Å². The maximum atomic E-state index is 4.49. The van der Waals surface area contributed by atoms with Crippen LogP contribution in [-0.2, 0) is 19.5 Å². The van der Waals surface area contributed by atoms with Crippen LogP contribution >= 0.6 is 11.3 Å². The molecule has 2 heterocycles. The Morgan fingerprint density at radius 3 is 2.95 bits per heavy atom. The molecule has 2 aromatic heterocycles. The van der Waals surface area contributed by atoms with Gasteiger partial charge >= 0.3 is 0 Å². The minimum Gasteiger partial charge on any atom is -0.312 e. The van der Waals surface area contributed by atoms with Gasteiger partial charge in [0.25, 0.3) is 0 Å². The Morgan fingerprint density at radius 1 is 1.42 bits per heavy atom. The third-order valence-corrected chi connectivity index (χ3v) is 4.00. The molecule has 19 heavy (non-hydrogen) atoms. The predicted molar refractivity (Wildman–Crippen MR) is 81.5 cm³/mol. The molecule has 0 bridgehead atoms. The molecule has 0 aliphatic heterocycles. The second-order valence-electron chi connectivity index (χ2n) is 5.38. The van der Waals surface area contributed by atoms with Crippen LogP contribution in [-0.4, -0.2) is 16.3 Å². The summed E-state index contributed by atoms with van der Waals surface area (Å²) in [5.41, 5.74) is 4.00. The van der Waals surface area contributed by atoms with Crippen molar-refractivity contribution < 1.29 is 0 Å². The smallest absolute Gasteiger partial charge is 0.0537 e. The largest absolute Gasteiger partial charge is 0.312 e. The third kappa shape index (κ3) is 4.18. The lowest BCUT2D eigenvalue weighted by atomic mass is 10.2. The molecule has 0 aliphatic carbocycles. The second-order valence-corrected chi connectivity index (χ2v) is 6.16. The van der Waals surface area contributed by atoms with Crippen LogP contribution in [0.5, 0.6) is 0 Å². The monoisotopic (exact) mass is 277 g/mol. The van der Waals surface area contributed by atoms with Gasteiger partial charge in [-0.2, -0.15) is 16.4 Å². The summed E-state index contributed by atoms with van der Waals surface area (Å²) in [7, 11) is 0. The molecule has 0 spiro atoms. The fraction of sp³-hybridized carbons (Fsp3) is 0.533. The molecule has 0 atom stereocenters. The van der Waals surface area contributed by atoms with Crippen LogP contribution in [0.15, 0.2) is 23.0 Å². The summed E-state index contributed by atoms with van der Waals surface area (Å²) in [6.07, 6.45) is 3.06. The highest BCUT2D eigenvalue weighted by atomic mass is 32.1. The molecule has 2 aromatic rings. The third-order valence-electron chi connectivity index (χ3n) is 3.27. The van der Waals surface area contributed by atoms with Gasteiger partial charge in [-0.05, 0) is 48.2 Å². The molecular weight excluding hydrogens is 254 g/mol. The molecule has 0 radical (unpaired) electrons. The lowest BCUT2D eigenvalue weighted by molar-refractivity contribution is 0.549. The van der Waals surface area contributed by atoms with Crippen molar-refractivity contribution in [1.82, 2.24) is 15.1 Å². The van der Waals surface area contributed by atoms with Gasteiger partial charge in [-0.25, -0.2) is 0 Å². The van der Waals surface area contributed by atoms with E-state index >= 15 is 0 Å². The molecule has 0 aliphatic rings. The first-order chi connectivity index (χ1) is 9.16. The number of nitrogens with zero attached hydrogens (tertiary/aromatic N) is 2. The van der Waals surface area contributed by atoms with Crippen molar-refractivity contribution in [3.63, 3.8) is 0 Å². The highest BCUT2D eigenvalue weighted by Gasteiger charge is 2.06. The van der Waals surface area contributed by atoms with Crippen LogP contribution in [0.1, 0.15) is 30.7 Å². The maximum Gasteiger partial charge on any atom is 0.0537 e. The number of aromatic nitrogens is 2. The summed E-state index contributed by atoms with van der Waals surface area (Å²) in [5, 5.41) is 12.3. The van der Waals surface area contributed by atoms with Crippen molar-refractivity contribution in [3.8, 4) is 0 Å². The summed E-state index contributed by atoms with van der Waals surface area (Å²) >= 11 is 1.76. The molecular formula is C15H23N3S. The Hall–Kier alpha value is -1.13. The van der Waals surface area contributed by atoms with Crippen molar-refractivity contribution in [2.45, 2.75) is 40.3 Å². The fourth-order valence-electron chi connectivity index (χ4n) is 2.05. The van der Waals surface area contributed by atoms with Gasteiger partial charge in [-0.3, -0.25) is 4.68 Å². The molecule has 3 nitrogen and oxygen atoms in total. The van der Waals surface area contributed by atoms with Gasteiger partial charge in [-0.1, -0.05) is 13.8 Å². The Labute approximate surface area is 119 Å². The SMILES string of the molecule is Cc1c(CNCC(C)C)cnn1CCc1ccsc1. The van der Waals surface area contributed by atoms with Gasteiger partial charge in [0.1, 0.15) is 0 Å². The Morgan fingerprint density at radius 2 is 2.26 bits per heavy atom. The van der Waals surface area contributed by atoms with Gasteiger partial charge in [0.05, 0.1) is 6.20 Å². The molecule has 2 rings (SSSR count). The van der Waals surface area contributed by atoms with Gasteiger partial charge in [0.2, 0.25) is 0 Å². The van der Waals surface area contributed by atoms with E-state index in [9.17, 15) is 0 Å². The van der Waals surface area contributed by atoms with Crippen molar-refractivity contribution in [3.05, 3.63) is 39.8 Å². The number of hydrogen-bond acceptors (Lipinski definition) is 3. The first-order valence-electron chi connectivity index (χ1n) is 6.90. The lowest BCUT2D eigenvalue weighted by Crippen LogP contribution is -2.19. The number of aryl methyl sites for hydroxylation is 2. The maximum absolute atomic E-state index is 4.49. The normalized spacial score (nSPS) is 11.4. The van der Waals surface area contributed by atoms with Crippen molar-refractivity contribution in [2.75, 3.05) is 6.54 Å². The molecule has 0 saturated heterocycles. The van der Waals surface area contributed by atoms with E-state index in [0.29, 0.717) is 5.92 Å². The van der Waals surface area contributed by atoms with Gasteiger partial charge in [-0.15, -0.1) is 0 Å². The standard InChI is InChI=1S/C15H23N3S/c1-12(2)8-16-9-15-10-17-18(13(15)3)6-4-14-5-7-19-11-14/h5,7,10-12,16H,4,6,8-9H2,1-3H3. The van der Waals surface area contributed by atoms with Gasteiger partial charge in [0.15, 0.2) is 0 Å². The number of rotatable bonds is 7. The van der Waals surface area contributed by atoms with E-state index in [1.165, 1.54) is 16.8 Å². The van der Waals surface area contributed by atoms with E-state index in [-0.39, 0.29) is 0 Å². The molecule has 4 heteroatoms. The second kappa shape index (κ2) is 6.87. The van der Waals surface area contributed by atoms with Crippen molar-refractivity contribution in [1.29, 1.82) is 0 Å².